The molecule has 0 unspecified atom stereocenters. The fourth-order valence-corrected chi connectivity index (χ4v) is 1.66. The summed E-state index contributed by atoms with van der Waals surface area (Å²) < 4.78 is 5.35. The Morgan fingerprint density at radius 2 is 2.05 bits per heavy atom. The van der Waals surface area contributed by atoms with E-state index in [-0.39, 0.29) is 17.8 Å². The third-order valence-electron chi connectivity index (χ3n) is 2.42. The molecule has 0 bridgehead atoms. The molecule has 0 aliphatic rings. The van der Waals surface area contributed by atoms with E-state index < -0.39 is 5.91 Å². The van der Waals surface area contributed by atoms with E-state index in [1.807, 2.05) is 6.92 Å². The molecule has 2 N–H and O–H groups in total. The van der Waals surface area contributed by atoms with Gasteiger partial charge in [-0.3, -0.25) is 4.79 Å². The standard InChI is InChI=1S/C12H20ClN5O2/c1-3-5-6-18(8-9(14)19)11-15-10(13)16-12(17-11)20-7-4-2/h3-8H2,1-2H3,(H2,14,19). The summed E-state index contributed by atoms with van der Waals surface area (Å²) in [7, 11) is 0. The largest absolute Gasteiger partial charge is 0.463 e. The first kappa shape index (κ1) is 16.4. The predicted octanol–water partition coefficient (Wildman–Crippen LogP) is 1.41. The van der Waals surface area contributed by atoms with Gasteiger partial charge in [0.15, 0.2) is 0 Å². The number of unbranched alkanes of at least 4 members (excludes halogenated alkanes) is 1. The number of aromatic nitrogens is 3. The Morgan fingerprint density at radius 3 is 2.65 bits per heavy atom. The molecule has 0 radical (unpaired) electrons. The highest BCUT2D eigenvalue weighted by Gasteiger charge is 2.15. The lowest BCUT2D eigenvalue weighted by Gasteiger charge is -2.20. The molecule has 0 saturated heterocycles. The van der Waals surface area contributed by atoms with Gasteiger partial charge in [0.25, 0.3) is 0 Å². The minimum absolute atomic E-state index is 0.0343. The SMILES string of the molecule is CCCCN(CC(N)=O)c1nc(Cl)nc(OCCC)n1. The fraction of sp³-hybridized carbons (Fsp3) is 0.667. The van der Waals surface area contributed by atoms with Crippen LogP contribution in [0.4, 0.5) is 5.95 Å². The Hall–Kier alpha value is -1.63. The molecular formula is C12H20ClN5O2. The maximum Gasteiger partial charge on any atom is 0.322 e. The van der Waals surface area contributed by atoms with Crippen molar-refractivity contribution in [1.29, 1.82) is 0 Å². The van der Waals surface area contributed by atoms with Crippen LogP contribution in [0.15, 0.2) is 0 Å². The van der Waals surface area contributed by atoms with Crippen molar-refractivity contribution in [3.63, 3.8) is 0 Å². The number of hydrogen-bond donors (Lipinski definition) is 1. The highest BCUT2D eigenvalue weighted by molar-refractivity contribution is 6.28. The summed E-state index contributed by atoms with van der Waals surface area (Å²) in [5.41, 5.74) is 5.24. The van der Waals surface area contributed by atoms with E-state index in [1.54, 1.807) is 4.90 Å². The quantitative estimate of drug-likeness (QED) is 0.741. The summed E-state index contributed by atoms with van der Waals surface area (Å²) in [6, 6.07) is 0.160. The second-order valence-electron chi connectivity index (χ2n) is 4.28. The number of anilines is 1. The molecule has 1 aromatic rings. The fourth-order valence-electron chi connectivity index (χ4n) is 1.51. The number of nitrogens with zero attached hydrogens (tertiary/aromatic N) is 4. The topological polar surface area (TPSA) is 94.2 Å². The summed E-state index contributed by atoms with van der Waals surface area (Å²) in [6.07, 6.45) is 2.70. The zero-order chi connectivity index (χ0) is 15.0. The van der Waals surface area contributed by atoms with Crippen LogP contribution in [-0.2, 0) is 4.79 Å². The minimum Gasteiger partial charge on any atom is -0.463 e. The average molecular weight is 302 g/mol. The molecule has 0 saturated carbocycles. The van der Waals surface area contributed by atoms with Crippen LogP contribution in [0.3, 0.4) is 0 Å². The van der Waals surface area contributed by atoms with Crippen LogP contribution < -0.4 is 15.4 Å². The molecule has 112 valence electrons. The number of rotatable bonds is 9. The molecular weight excluding hydrogens is 282 g/mol. The van der Waals surface area contributed by atoms with E-state index in [9.17, 15) is 4.79 Å². The van der Waals surface area contributed by atoms with Gasteiger partial charge in [0.1, 0.15) is 0 Å². The third kappa shape index (κ3) is 5.56. The molecule has 7 nitrogen and oxygen atoms in total. The number of ether oxygens (including phenoxy) is 1. The number of halogens is 1. The van der Waals surface area contributed by atoms with Crippen molar-refractivity contribution in [3.8, 4) is 6.01 Å². The Bertz CT molecular complexity index is 444. The Labute approximate surface area is 123 Å². The van der Waals surface area contributed by atoms with Gasteiger partial charge in [-0.1, -0.05) is 20.3 Å². The molecule has 0 spiro atoms. The Kier molecular flexibility index (Phi) is 7.00. The van der Waals surface area contributed by atoms with Crippen LogP contribution in [0.2, 0.25) is 5.28 Å². The second kappa shape index (κ2) is 8.52. The molecule has 0 fully saturated rings. The van der Waals surface area contributed by atoms with E-state index in [2.05, 4.69) is 21.9 Å². The molecule has 0 aliphatic heterocycles. The molecule has 1 rings (SSSR count). The smallest absolute Gasteiger partial charge is 0.322 e. The molecule has 0 aromatic carbocycles. The van der Waals surface area contributed by atoms with Crippen molar-refractivity contribution in [2.75, 3.05) is 24.6 Å². The molecule has 1 heterocycles. The van der Waals surface area contributed by atoms with Crippen LogP contribution in [0.25, 0.3) is 0 Å². The van der Waals surface area contributed by atoms with E-state index in [0.717, 1.165) is 19.3 Å². The molecule has 0 aliphatic carbocycles. The van der Waals surface area contributed by atoms with E-state index in [4.69, 9.17) is 22.1 Å². The van der Waals surface area contributed by atoms with Crippen LogP contribution in [0.5, 0.6) is 6.01 Å². The van der Waals surface area contributed by atoms with Gasteiger partial charge in [-0.25, -0.2) is 0 Å². The number of carbonyl (C=O) groups excluding carboxylic acids is 1. The minimum atomic E-state index is -0.450. The summed E-state index contributed by atoms with van der Waals surface area (Å²) >= 11 is 5.86. The molecule has 20 heavy (non-hydrogen) atoms. The highest BCUT2D eigenvalue weighted by Crippen LogP contribution is 2.15. The lowest BCUT2D eigenvalue weighted by Crippen LogP contribution is -2.35. The Morgan fingerprint density at radius 1 is 1.30 bits per heavy atom. The first-order chi connectivity index (χ1) is 9.56. The first-order valence-corrected chi connectivity index (χ1v) is 7.02. The zero-order valence-corrected chi connectivity index (χ0v) is 12.6. The number of nitrogens with two attached hydrogens (primary N) is 1. The number of carbonyl (C=O) groups is 1. The second-order valence-corrected chi connectivity index (χ2v) is 4.61. The van der Waals surface area contributed by atoms with E-state index in [0.29, 0.717) is 19.1 Å². The van der Waals surface area contributed by atoms with Gasteiger partial charge >= 0.3 is 6.01 Å². The first-order valence-electron chi connectivity index (χ1n) is 6.64. The van der Waals surface area contributed by atoms with Crippen molar-refractivity contribution in [2.45, 2.75) is 33.1 Å². The third-order valence-corrected chi connectivity index (χ3v) is 2.59. The average Bonchev–Trinajstić information content (AvgIpc) is 2.40. The lowest BCUT2D eigenvalue weighted by molar-refractivity contribution is -0.116. The van der Waals surface area contributed by atoms with E-state index in [1.165, 1.54) is 0 Å². The van der Waals surface area contributed by atoms with Gasteiger partial charge in [0, 0.05) is 6.54 Å². The predicted molar refractivity (Wildman–Crippen MR) is 76.9 cm³/mol. The summed E-state index contributed by atoms with van der Waals surface area (Å²) in [4.78, 5) is 24.9. The van der Waals surface area contributed by atoms with Crippen molar-refractivity contribution in [1.82, 2.24) is 15.0 Å². The van der Waals surface area contributed by atoms with Gasteiger partial charge in [0.2, 0.25) is 17.1 Å². The van der Waals surface area contributed by atoms with Crippen molar-refractivity contribution in [2.24, 2.45) is 5.73 Å². The van der Waals surface area contributed by atoms with Gasteiger partial charge in [-0.15, -0.1) is 0 Å². The number of amides is 1. The molecule has 8 heteroatoms. The van der Waals surface area contributed by atoms with Gasteiger partial charge < -0.3 is 15.4 Å². The summed E-state index contributed by atoms with van der Waals surface area (Å²) in [5, 5.41) is 0.0343. The van der Waals surface area contributed by atoms with Crippen molar-refractivity contribution >= 4 is 23.5 Å². The lowest BCUT2D eigenvalue weighted by atomic mass is 10.3. The van der Waals surface area contributed by atoms with Crippen molar-refractivity contribution < 1.29 is 9.53 Å². The normalized spacial score (nSPS) is 10.3. The summed E-state index contributed by atoms with van der Waals surface area (Å²) in [6.45, 7) is 5.17. The van der Waals surface area contributed by atoms with Crippen molar-refractivity contribution in [3.05, 3.63) is 5.28 Å². The highest BCUT2D eigenvalue weighted by atomic mass is 35.5. The molecule has 0 atom stereocenters. The van der Waals surface area contributed by atoms with E-state index >= 15 is 0 Å². The van der Waals surface area contributed by atoms with Gasteiger partial charge in [-0.05, 0) is 24.4 Å². The van der Waals surface area contributed by atoms with Crippen LogP contribution in [-0.4, -0.2) is 40.6 Å². The molecule has 1 aromatic heterocycles. The Balaban J connectivity index is 2.92. The monoisotopic (exact) mass is 301 g/mol. The van der Waals surface area contributed by atoms with Gasteiger partial charge in [-0.2, -0.15) is 15.0 Å². The molecule has 1 amide bonds. The van der Waals surface area contributed by atoms with Crippen LogP contribution in [0, 0.1) is 0 Å². The number of primary amides is 1. The van der Waals surface area contributed by atoms with Crippen LogP contribution >= 0.6 is 11.6 Å². The maximum atomic E-state index is 11.1. The maximum absolute atomic E-state index is 11.1. The zero-order valence-electron chi connectivity index (χ0n) is 11.8. The van der Waals surface area contributed by atoms with Gasteiger partial charge in [0.05, 0.1) is 13.2 Å². The summed E-state index contributed by atoms with van der Waals surface area (Å²) in [5.74, 6) is -0.142. The van der Waals surface area contributed by atoms with Crippen LogP contribution in [0.1, 0.15) is 33.1 Å². The number of hydrogen-bond acceptors (Lipinski definition) is 6.